The monoisotopic (exact) mass is 265 g/mol. The number of benzene rings is 1. The van der Waals surface area contributed by atoms with Crippen molar-refractivity contribution in [2.75, 3.05) is 19.8 Å². The number of aliphatic hydroxyl groups excluding tert-OH is 1. The molecule has 0 unspecified atom stereocenters. The number of ether oxygens (including phenoxy) is 1. The molecule has 2 N–H and O–H groups in total. The summed E-state index contributed by atoms with van der Waals surface area (Å²) in [5.41, 5.74) is 3.28. The summed E-state index contributed by atoms with van der Waals surface area (Å²) in [6, 6.07) is 4.09. The van der Waals surface area contributed by atoms with Gasteiger partial charge in [-0.3, -0.25) is 4.79 Å². The summed E-state index contributed by atoms with van der Waals surface area (Å²) in [7, 11) is 0. The minimum atomic E-state index is -0.127. The van der Waals surface area contributed by atoms with Crippen LogP contribution in [-0.4, -0.2) is 30.8 Å². The standard InChI is InChI=1S/C15H23NO3/c1-11-8-12(2)15(13(3)9-11)19-10-14(18)16-6-4-5-7-17/h8-9,17H,4-7,10H2,1-3H3,(H,16,18). The van der Waals surface area contributed by atoms with Crippen molar-refractivity contribution in [3.63, 3.8) is 0 Å². The molecule has 19 heavy (non-hydrogen) atoms. The van der Waals surface area contributed by atoms with Crippen LogP contribution in [0.3, 0.4) is 0 Å². The van der Waals surface area contributed by atoms with Crippen molar-refractivity contribution in [3.8, 4) is 5.75 Å². The van der Waals surface area contributed by atoms with Gasteiger partial charge in [-0.25, -0.2) is 0 Å². The number of aryl methyl sites for hydroxylation is 3. The summed E-state index contributed by atoms with van der Waals surface area (Å²) >= 11 is 0. The van der Waals surface area contributed by atoms with Gasteiger partial charge in [0, 0.05) is 13.2 Å². The molecule has 0 radical (unpaired) electrons. The molecule has 1 aromatic rings. The number of aliphatic hydroxyl groups is 1. The van der Waals surface area contributed by atoms with Crippen molar-refractivity contribution in [1.29, 1.82) is 0 Å². The zero-order valence-corrected chi connectivity index (χ0v) is 12.0. The maximum Gasteiger partial charge on any atom is 0.257 e. The van der Waals surface area contributed by atoms with E-state index < -0.39 is 0 Å². The van der Waals surface area contributed by atoms with Crippen LogP contribution in [0, 0.1) is 20.8 Å². The molecule has 0 spiro atoms. The molecular weight excluding hydrogens is 242 g/mol. The first-order valence-corrected chi connectivity index (χ1v) is 6.62. The molecule has 0 saturated heterocycles. The van der Waals surface area contributed by atoms with Gasteiger partial charge in [-0.05, 0) is 44.7 Å². The second-order valence-corrected chi connectivity index (χ2v) is 4.80. The van der Waals surface area contributed by atoms with Gasteiger partial charge in [0.2, 0.25) is 0 Å². The van der Waals surface area contributed by atoms with Crippen LogP contribution in [0.5, 0.6) is 5.75 Å². The SMILES string of the molecule is Cc1cc(C)c(OCC(=O)NCCCCO)c(C)c1. The molecular formula is C15H23NO3. The van der Waals surface area contributed by atoms with E-state index in [1.165, 1.54) is 5.56 Å². The third kappa shape index (κ3) is 5.30. The van der Waals surface area contributed by atoms with Crippen molar-refractivity contribution in [3.05, 3.63) is 28.8 Å². The Bertz CT molecular complexity index is 406. The van der Waals surface area contributed by atoms with E-state index in [1.54, 1.807) is 0 Å². The molecule has 0 fully saturated rings. The number of amides is 1. The molecule has 0 aliphatic rings. The fourth-order valence-corrected chi connectivity index (χ4v) is 2.05. The number of carbonyl (C=O) groups excluding carboxylic acids is 1. The summed E-state index contributed by atoms with van der Waals surface area (Å²) in [5, 5.41) is 11.4. The predicted molar refractivity (Wildman–Crippen MR) is 75.5 cm³/mol. The molecule has 0 aliphatic heterocycles. The summed E-state index contributed by atoms with van der Waals surface area (Å²) in [6.07, 6.45) is 1.49. The molecule has 1 aromatic carbocycles. The van der Waals surface area contributed by atoms with Crippen LogP contribution in [0.4, 0.5) is 0 Å². The van der Waals surface area contributed by atoms with E-state index in [2.05, 4.69) is 5.32 Å². The van der Waals surface area contributed by atoms with Gasteiger partial charge < -0.3 is 15.2 Å². The normalized spacial score (nSPS) is 10.3. The number of hydrogen-bond donors (Lipinski definition) is 2. The predicted octanol–water partition coefficient (Wildman–Crippen LogP) is 1.88. The highest BCUT2D eigenvalue weighted by Crippen LogP contribution is 2.24. The van der Waals surface area contributed by atoms with Crippen molar-refractivity contribution in [2.45, 2.75) is 33.6 Å². The van der Waals surface area contributed by atoms with Crippen molar-refractivity contribution in [1.82, 2.24) is 5.32 Å². The Hall–Kier alpha value is -1.55. The molecule has 0 heterocycles. The topological polar surface area (TPSA) is 58.6 Å². The minimum Gasteiger partial charge on any atom is -0.483 e. The largest absolute Gasteiger partial charge is 0.483 e. The van der Waals surface area contributed by atoms with Crippen molar-refractivity contribution < 1.29 is 14.6 Å². The lowest BCUT2D eigenvalue weighted by atomic mass is 10.1. The number of carbonyl (C=O) groups is 1. The Morgan fingerprint density at radius 2 is 1.84 bits per heavy atom. The Morgan fingerprint density at radius 1 is 1.21 bits per heavy atom. The first-order valence-electron chi connectivity index (χ1n) is 6.62. The highest BCUT2D eigenvalue weighted by atomic mass is 16.5. The van der Waals surface area contributed by atoms with Gasteiger partial charge >= 0.3 is 0 Å². The van der Waals surface area contributed by atoms with E-state index in [0.29, 0.717) is 13.0 Å². The molecule has 4 nitrogen and oxygen atoms in total. The van der Waals surface area contributed by atoms with E-state index in [4.69, 9.17) is 9.84 Å². The molecule has 4 heteroatoms. The van der Waals surface area contributed by atoms with Gasteiger partial charge in [0.05, 0.1) is 0 Å². The van der Waals surface area contributed by atoms with Crippen LogP contribution >= 0.6 is 0 Å². The highest BCUT2D eigenvalue weighted by molar-refractivity contribution is 5.77. The van der Waals surface area contributed by atoms with Crippen molar-refractivity contribution >= 4 is 5.91 Å². The number of unbranched alkanes of at least 4 members (excludes halogenated alkanes) is 1. The fourth-order valence-electron chi connectivity index (χ4n) is 2.05. The molecule has 0 bridgehead atoms. The maximum atomic E-state index is 11.6. The van der Waals surface area contributed by atoms with Crippen LogP contribution in [-0.2, 0) is 4.79 Å². The van der Waals surface area contributed by atoms with Crippen LogP contribution < -0.4 is 10.1 Å². The fraction of sp³-hybridized carbons (Fsp3) is 0.533. The Kier molecular flexibility index (Phi) is 6.36. The lowest BCUT2D eigenvalue weighted by Crippen LogP contribution is -2.30. The Labute approximate surface area is 114 Å². The quantitative estimate of drug-likeness (QED) is 0.740. The average Bonchev–Trinajstić information content (AvgIpc) is 2.33. The van der Waals surface area contributed by atoms with Gasteiger partial charge in [-0.15, -0.1) is 0 Å². The smallest absolute Gasteiger partial charge is 0.257 e. The van der Waals surface area contributed by atoms with E-state index in [1.807, 2.05) is 32.9 Å². The van der Waals surface area contributed by atoms with Crippen LogP contribution in [0.1, 0.15) is 29.5 Å². The maximum absolute atomic E-state index is 11.6. The van der Waals surface area contributed by atoms with Gasteiger partial charge in [-0.2, -0.15) is 0 Å². The van der Waals surface area contributed by atoms with Crippen LogP contribution in [0.15, 0.2) is 12.1 Å². The van der Waals surface area contributed by atoms with Crippen LogP contribution in [0.2, 0.25) is 0 Å². The molecule has 106 valence electrons. The van der Waals surface area contributed by atoms with Gasteiger partial charge in [0.1, 0.15) is 5.75 Å². The highest BCUT2D eigenvalue weighted by Gasteiger charge is 2.07. The van der Waals surface area contributed by atoms with E-state index in [-0.39, 0.29) is 19.1 Å². The Balaban J connectivity index is 2.42. The first kappa shape index (κ1) is 15.5. The molecule has 0 saturated carbocycles. The third-order valence-electron chi connectivity index (χ3n) is 2.86. The third-order valence-corrected chi connectivity index (χ3v) is 2.86. The summed E-state index contributed by atoms with van der Waals surface area (Å²) in [6.45, 7) is 6.77. The lowest BCUT2D eigenvalue weighted by molar-refractivity contribution is -0.123. The van der Waals surface area contributed by atoms with Gasteiger partial charge in [0.15, 0.2) is 6.61 Å². The van der Waals surface area contributed by atoms with Gasteiger partial charge in [0.25, 0.3) is 5.91 Å². The number of hydrogen-bond acceptors (Lipinski definition) is 3. The van der Waals surface area contributed by atoms with E-state index >= 15 is 0 Å². The molecule has 0 aromatic heterocycles. The van der Waals surface area contributed by atoms with Gasteiger partial charge in [-0.1, -0.05) is 17.7 Å². The lowest BCUT2D eigenvalue weighted by Gasteiger charge is -2.13. The summed E-state index contributed by atoms with van der Waals surface area (Å²) < 4.78 is 5.58. The first-order chi connectivity index (χ1) is 9.04. The van der Waals surface area contributed by atoms with Crippen molar-refractivity contribution in [2.24, 2.45) is 0 Å². The minimum absolute atomic E-state index is 0.0316. The Morgan fingerprint density at radius 3 is 2.42 bits per heavy atom. The average molecular weight is 265 g/mol. The molecule has 0 aliphatic carbocycles. The second kappa shape index (κ2) is 7.79. The molecule has 0 atom stereocenters. The van der Waals surface area contributed by atoms with E-state index in [9.17, 15) is 4.79 Å². The number of nitrogens with one attached hydrogen (secondary N) is 1. The van der Waals surface area contributed by atoms with Crippen LogP contribution in [0.25, 0.3) is 0 Å². The zero-order chi connectivity index (χ0) is 14.3. The zero-order valence-electron chi connectivity index (χ0n) is 12.0. The van der Waals surface area contributed by atoms with E-state index in [0.717, 1.165) is 23.3 Å². The summed E-state index contributed by atoms with van der Waals surface area (Å²) in [5.74, 6) is 0.661. The second-order valence-electron chi connectivity index (χ2n) is 4.80. The summed E-state index contributed by atoms with van der Waals surface area (Å²) in [4.78, 5) is 11.6. The number of rotatable bonds is 7. The molecule has 1 amide bonds. The molecule has 1 rings (SSSR count).